The number of ketones is 1. The van der Waals surface area contributed by atoms with Crippen LogP contribution in [-0.2, 0) is 32.3 Å². The van der Waals surface area contributed by atoms with Crippen LogP contribution in [0.15, 0.2) is 18.2 Å². The maximum Gasteiger partial charge on any atom is 0.222 e. The van der Waals surface area contributed by atoms with Crippen LogP contribution in [0.4, 0.5) is 0 Å². The Morgan fingerprint density at radius 2 is 1.79 bits per heavy atom. The molecule has 0 unspecified atom stereocenters. The monoisotopic (exact) mass is 406 g/mol. The van der Waals surface area contributed by atoms with Gasteiger partial charge in [-0.05, 0) is 42.9 Å². The zero-order chi connectivity index (χ0) is 20.1. The van der Waals surface area contributed by atoms with Crippen molar-refractivity contribution in [3.63, 3.8) is 0 Å². The van der Waals surface area contributed by atoms with Crippen molar-refractivity contribution in [3.05, 3.63) is 34.9 Å². The van der Waals surface area contributed by atoms with E-state index in [-0.39, 0.29) is 61.0 Å². The van der Waals surface area contributed by atoms with E-state index in [0.717, 1.165) is 19.3 Å². The molecule has 1 fully saturated rings. The second kappa shape index (κ2) is 8.86. The lowest BCUT2D eigenvalue weighted by molar-refractivity contribution is -0.122. The van der Waals surface area contributed by atoms with Crippen molar-refractivity contribution in [2.75, 3.05) is 18.1 Å². The third-order valence-corrected chi connectivity index (χ3v) is 7.04. The van der Waals surface area contributed by atoms with Crippen molar-refractivity contribution in [2.45, 2.75) is 51.0 Å². The zero-order valence-corrected chi connectivity index (χ0v) is 16.6. The minimum Gasteiger partial charge on any atom is -0.356 e. The molecule has 8 heteroatoms. The van der Waals surface area contributed by atoms with Crippen LogP contribution in [0.25, 0.3) is 0 Å². The second-order valence-corrected chi connectivity index (χ2v) is 9.76. The highest BCUT2D eigenvalue weighted by Crippen LogP contribution is 2.23. The number of carbonyl (C=O) groups is 3. The van der Waals surface area contributed by atoms with Gasteiger partial charge in [-0.25, -0.2) is 8.42 Å². The molecule has 2 aliphatic rings. The lowest BCUT2D eigenvalue weighted by Gasteiger charge is -2.11. The largest absolute Gasteiger partial charge is 0.356 e. The topological polar surface area (TPSA) is 109 Å². The van der Waals surface area contributed by atoms with Crippen LogP contribution in [0.1, 0.15) is 53.6 Å². The summed E-state index contributed by atoms with van der Waals surface area (Å²) < 4.78 is 22.7. The molecule has 1 aliphatic heterocycles. The van der Waals surface area contributed by atoms with E-state index < -0.39 is 9.84 Å². The van der Waals surface area contributed by atoms with Crippen LogP contribution in [0, 0.1) is 0 Å². The number of rotatable bonds is 8. The van der Waals surface area contributed by atoms with Gasteiger partial charge in [0, 0.05) is 37.4 Å². The number of hydrogen-bond acceptors (Lipinski definition) is 5. The van der Waals surface area contributed by atoms with Crippen LogP contribution in [0.2, 0.25) is 0 Å². The number of amides is 2. The number of benzene rings is 1. The molecule has 1 atom stereocenters. The highest BCUT2D eigenvalue weighted by Gasteiger charge is 2.28. The Balaban J connectivity index is 1.33. The first-order valence-electron chi connectivity index (χ1n) is 9.74. The van der Waals surface area contributed by atoms with Gasteiger partial charge in [-0.2, -0.15) is 0 Å². The first kappa shape index (κ1) is 20.5. The van der Waals surface area contributed by atoms with Crippen LogP contribution in [0.3, 0.4) is 0 Å². The minimum absolute atomic E-state index is 0.0180. The highest BCUT2D eigenvalue weighted by molar-refractivity contribution is 7.91. The van der Waals surface area contributed by atoms with Gasteiger partial charge in [-0.15, -0.1) is 0 Å². The van der Waals surface area contributed by atoms with Gasteiger partial charge in [-0.3, -0.25) is 14.4 Å². The van der Waals surface area contributed by atoms with Gasteiger partial charge in [-0.1, -0.05) is 12.1 Å². The second-order valence-electron chi connectivity index (χ2n) is 7.53. The first-order valence-corrected chi connectivity index (χ1v) is 11.6. The lowest BCUT2D eigenvalue weighted by Crippen LogP contribution is -2.37. The number of aryl methyl sites for hydroxylation is 2. The van der Waals surface area contributed by atoms with E-state index in [1.807, 2.05) is 18.2 Å². The van der Waals surface area contributed by atoms with E-state index in [0.29, 0.717) is 12.0 Å². The van der Waals surface area contributed by atoms with E-state index in [9.17, 15) is 22.8 Å². The summed E-state index contributed by atoms with van der Waals surface area (Å²) in [5.41, 5.74) is 3.19. The predicted octanol–water partition coefficient (Wildman–Crippen LogP) is 0.948. The molecular weight excluding hydrogens is 380 g/mol. The number of carbonyl (C=O) groups excluding carboxylic acids is 3. The zero-order valence-electron chi connectivity index (χ0n) is 15.8. The number of nitrogens with one attached hydrogen (secondary N) is 2. The summed E-state index contributed by atoms with van der Waals surface area (Å²) in [7, 11) is -3.03. The molecule has 0 bridgehead atoms. The molecular formula is C20H26N2O5S. The molecule has 0 aromatic heterocycles. The van der Waals surface area contributed by atoms with E-state index in [1.54, 1.807) is 0 Å². The molecule has 1 aliphatic carbocycles. The summed E-state index contributed by atoms with van der Waals surface area (Å²) in [6.45, 7) is 0.164. The molecule has 3 rings (SSSR count). The molecule has 0 radical (unpaired) electrons. The molecule has 1 heterocycles. The Hall–Kier alpha value is -2.22. The van der Waals surface area contributed by atoms with E-state index >= 15 is 0 Å². The van der Waals surface area contributed by atoms with Gasteiger partial charge < -0.3 is 10.6 Å². The third kappa shape index (κ3) is 5.64. The van der Waals surface area contributed by atoms with E-state index in [4.69, 9.17) is 0 Å². The van der Waals surface area contributed by atoms with Crippen molar-refractivity contribution in [2.24, 2.45) is 0 Å². The van der Waals surface area contributed by atoms with Crippen molar-refractivity contribution in [3.8, 4) is 0 Å². The fourth-order valence-electron chi connectivity index (χ4n) is 3.73. The Morgan fingerprint density at radius 1 is 1.00 bits per heavy atom. The van der Waals surface area contributed by atoms with Crippen LogP contribution in [0.5, 0.6) is 0 Å². The maximum atomic E-state index is 12.3. The van der Waals surface area contributed by atoms with Gasteiger partial charge in [0.25, 0.3) is 0 Å². The predicted molar refractivity (Wildman–Crippen MR) is 105 cm³/mol. The molecule has 28 heavy (non-hydrogen) atoms. The molecule has 7 nitrogen and oxygen atoms in total. The number of Topliss-reactive ketones (excluding diaryl/α,β-unsaturated/α-hetero) is 1. The molecule has 0 saturated carbocycles. The average Bonchev–Trinajstić information content (AvgIpc) is 3.24. The number of sulfone groups is 1. The molecule has 2 N–H and O–H groups in total. The smallest absolute Gasteiger partial charge is 0.222 e. The normalized spacial score (nSPS) is 19.8. The van der Waals surface area contributed by atoms with Gasteiger partial charge in [0.1, 0.15) is 0 Å². The summed E-state index contributed by atoms with van der Waals surface area (Å²) in [5, 5.41) is 5.31. The maximum absolute atomic E-state index is 12.3. The quantitative estimate of drug-likeness (QED) is 0.625. The highest BCUT2D eigenvalue weighted by atomic mass is 32.2. The molecule has 2 amide bonds. The summed E-state index contributed by atoms with van der Waals surface area (Å²) in [5.74, 6) is -0.518. The van der Waals surface area contributed by atoms with Crippen molar-refractivity contribution in [1.82, 2.24) is 10.6 Å². The van der Waals surface area contributed by atoms with Crippen molar-refractivity contribution in [1.29, 1.82) is 0 Å². The Morgan fingerprint density at radius 3 is 2.54 bits per heavy atom. The first-order chi connectivity index (χ1) is 13.3. The molecule has 1 aromatic carbocycles. The number of hydrogen-bond donors (Lipinski definition) is 2. The van der Waals surface area contributed by atoms with Crippen molar-refractivity contribution < 1.29 is 22.8 Å². The average molecular weight is 407 g/mol. The molecule has 1 aromatic rings. The standard InChI is InChI=1S/C20H26N2O5S/c23-18(16-5-4-14-2-1-3-15(14)12-16)6-7-19(24)21-10-8-20(25)22-17-9-11-28(26,27)13-17/h4-5,12,17H,1-3,6-11,13H2,(H,21,24)(H,22,25)/t17-/m0/s1. The van der Waals surface area contributed by atoms with Gasteiger partial charge in [0.15, 0.2) is 15.6 Å². The molecule has 1 saturated heterocycles. The van der Waals surface area contributed by atoms with Crippen LogP contribution >= 0.6 is 0 Å². The Labute approximate surface area is 165 Å². The summed E-state index contributed by atoms with van der Waals surface area (Å²) in [4.78, 5) is 36.0. The van der Waals surface area contributed by atoms with Gasteiger partial charge in [0.2, 0.25) is 11.8 Å². The van der Waals surface area contributed by atoms with Crippen LogP contribution in [-0.4, -0.2) is 50.1 Å². The van der Waals surface area contributed by atoms with E-state index in [2.05, 4.69) is 10.6 Å². The fourth-order valence-corrected chi connectivity index (χ4v) is 5.40. The SMILES string of the molecule is O=C(CCC(=O)c1ccc2c(c1)CCC2)NCCC(=O)N[C@H]1CCS(=O)(=O)C1. The third-order valence-electron chi connectivity index (χ3n) is 5.27. The van der Waals surface area contributed by atoms with Gasteiger partial charge >= 0.3 is 0 Å². The van der Waals surface area contributed by atoms with Crippen molar-refractivity contribution >= 4 is 27.4 Å². The number of fused-ring (bicyclic) bond motifs is 1. The summed E-state index contributed by atoms with van der Waals surface area (Å²) in [6.07, 6.45) is 3.93. The molecule has 0 spiro atoms. The summed E-state index contributed by atoms with van der Waals surface area (Å²) in [6, 6.07) is 5.44. The Bertz CT molecular complexity index is 879. The fraction of sp³-hybridized carbons (Fsp3) is 0.550. The lowest BCUT2D eigenvalue weighted by atomic mass is 10.0. The molecule has 152 valence electrons. The van der Waals surface area contributed by atoms with E-state index in [1.165, 1.54) is 11.1 Å². The van der Waals surface area contributed by atoms with Crippen LogP contribution < -0.4 is 10.6 Å². The summed E-state index contributed by atoms with van der Waals surface area (Å²) >= 11 is 0. The Kier molecular flexibility index (Phi) is 6.49. The van der Waals surface area contributed by atoms with Gasteiger partial charge in [0.05, 0.1) is 11.5 Å². The minimum atomic E-state index is -3.03.